The van der Waals surface area contributed by atoms with E-state index in [1.54, 1.807) is 0 Å². The Morgan fingerprint density at radius 1 is 1.36 bits per heavy atom. The zero-order valence-electron chi connectivity index (χ0n) is 6.36. The highest BCUT2D eigenvalue weighted by molar-refractivity contribution is 5.71. The molecule has 2 rings (SSSR count). The lowest BCUT2D eigenvalue weighted by Crippen LogP contribution is -2.35. The van der Waals surface area contributed by atoms with E-state index >= 15 is 0 Å². The summed E-state index contributed by atoms with van der Waals surface area (Å²) in [5.41, 5.74) is 5.78. The highest BCUT2D eigenvalue weighted by atomic mass is 16.4. The molecule has 0 aromatic rings. The van der Waals surface area contributed by atoms with Crippen LogP contribution in [-0.2, 0) is 4.79 Å². The maximum absolute atomic E-state index is 10.7. The van der Waals surface area contributed by atoms with Gasteiger partial charge in [0.1, 0.15) is 0 Å². The molecule has 62 valence electrons. The second-order valence-electron chi connectivity index (χ2n) is 3.85. The molecule has 4 atom stereocenters. The molecule has 0 radical (unpaired) electrons. The maximum Gasteiger partial charge on any atom is 0.306 e. The Morgan fingerprint density at radius 2 is 2.09 bits per heavy atom. The van der Waals surface area contributed by atoms with Crippen molar-refractivity contribution in [3.05, 3.63) is 0 Å². The fourth-order valence-corrected chi connectivity index (χ4v) is 2.69. The largest absolute Gasteiger partial charge is 0.481 e. The zero-order chi connectivity index (χ0) is 8.01. The first-order valence-corrected chi connectivity index (χ1v) is 4.17. The summed E-state index contributed by atoms with van der Waals surface area (Å²) in [4.78, 5) is 10.7. The van der Waals surface area contributed by atoms with Crippen molar-refractivity contribution in [2.45, 2.75) is 25.3 Å². The molecule has 2 fully saturated rings. The van der Waals surface area contributed by atoms with Gasteiger partial charge in [0.05, 0.1) is 5.92 Å². The van der Waals surface area contributed by atoms with E-state index in [0.29, 0.717) is 5.92 Å². The van der Waals surface area contributed by atoms with Gasteiger partial charge in [-0.15, -0.1) is 0 Å². The van der Waals surface area contributed by atoms with E-state index in [9.17, 15) is 4.79 Å². The predicted octanol–water partition coefficient (Wildman–Crippen LogP) is 0.444. The third-order valence-corrected chi connectivity index (χ3v) is 3.18. The lowest BCUT2D eigenvalue weighted by Gasteiger charge is -2.23. The van der Waals surface area contributed by atoms with Gasteiger partial charge in [0.25, 0.3) is 0 Å². The quantitative estimate of drug-likeness (QED) is 0.577. The van der Waals surface area contributed by atoms with Gasteiger partial charge < -0.3 is 10.8 Å². The number of aliphatic carboxylic acids is 1. The van der Waals surface area contributed by atoms with Crippen LogP contribution in [0.4, 0.5) is 0 Å². The third kappa shape index (κ3) is 0.948. The first kappa shape index (κ1) is 7.10. The minimum absolute atomic E-state index is 0.135. The summed E-state index contributed by atoms with van der Waals surface area (Å²) in [5, 5.41) is 8.80. The van der Waals surface area contributed by atoms with E-state index in [1.807, 2.05) is 0 Å². The number of carbonyl (C=O) groups is 1. The summed E-state index contributed by atoms with van der Waals surface area (Å²) in [6.07, 6.45) is 2.97. The summed E-state index contributed by atoms with van der Waals surface area (Å²) in [7, 11) is 0. The number of carboxylic acids is 1. The van der Waals surface area contributed by atoms with Crippen LogP contribution < -0.4 is 5.73 Å². The van der Waals surface area contributed by atoms with Crippen LogP contribution in [-0.4, -0.2) is 17.1 Å². The normalized spacial score (nSPS) is 48.1. The maximum atomic E-state index is 10.7. The van der Waals surface area contributed by atoms with Crippen molar-refractivity contribution in [3.8, 4) is 0 Å². The van der Waals surface area contributed by atoms with Gasteiger partial charge >= 0.3 is 5.97 Å². The van der Waals surface area contributed by atoms with Crippen LogP contribution in [0.1, 0.15) is 19.3 Å². The summed E-state index contributed by atoms with van der Waals surface area (Å²) in [6, 6.07) is 0.162. The second kappa shape index (κ2) is 2.21. The molecule has 3 heteroatoms. The number of hydrogen-bond donors (Lipinski definition) is 2. The minimum atomic E-state index is -0.646. The van der Waals surface area contributed by atoms with Crippen LogP contribution in [0.25, 0.3) is 0 Å². The molecule has 2 bridgehead atoms. The number of fused-ring (bicyclic) bond motifs is 2. The van der Waals surface area contributed by atoms with Gasteiger partial charge in [-0.25, -0.2) is 0 Å². The van der Waals surface area contributed by atoms with Crippen molar-refractivity contribution >= 4 is 5.97 Å². The lowest BCUT2D eigenvalue weighted by molar-refractivity contribution is -0.143. The van der Waals surface area contributed by atoms with Gasteiger partial charge in [-0.3, -0.25) is 4.79 Å². The molecule has 2 saturated carbocycles. The van der Waals surface area contributed by atoms with Gasteiger partial charge in [-0.2, -0.15) is 0 Å². The van der Waals surface area contributed by atoms with Gasteiger partial charge in [-0.1, -0.05) is 0 Å². The second-order valence-corrected chi connectivity index (χ2v) is 3.85. The van der Waals surface area contributed by atoms with Crippen molar-refractivity contribution in [3.63, 3.8) is 0 Å². The fraction of sp³-hybridized carbons (Fsp3) is 0.875. The van der Waals surface area contributed by atoms with Crippen LogP contribution in [0.3, 0.4) is 0 Å². The molecule has 0 aromatic heterocycles. The predicted molar refractivity (Wildman–Crippen MR) is 39.9 cm³/mol. The first-order chi connectivity index (χ1) is 5.18. The van der Waals surface area contributed by atoms with E-state index in [0.717, 1.165) is 19.3 Å². The number of rotatable bonds is 1. The molecule has 0 aromatic carbocycles. The summed E-state index contributed by atoms with van der Waals surface area (Å²) in [5.74, 6) is 0.102. The molecule has 0 unspecified atom stereocenters. The Balaban J connectivity index is 2.12. The molecule has 0 amide bonds. The molecule has 11 heavy (non-hydrogen) atoms. The van der Waals surface area contributed by atoms with Crippen LogP contribution in [0.15, 0.2) is 0 Å². The topological polar surface area (TPSA) is 63.3 Å². The molecule has 2 aliphatic carbocycles. The molecule has 0 saturated heterocycles. The van der Waals surface area contributed by atoms with E-state index < -0.39 is 5.97 Å². The molecule has 3 N–H and O–H groups in total. The number of carboxylic acid groups (broad SMARTS) is 1. The smallest absolute Gasteiger partial charge is 0.306 e. The molecule has 2 aliphatic rings. The standard InChI is InChI=1S/C8H13NO2/c9-7-3-4-1-5(7)6(2-4)8(10)11/h4-7H,1-3,9H2,(H,10,11)/t4-,5+,6-,7+/m1/s1. The summed E-state index contributed by atoms with van der Waals surface area (Å²) >= 11 is 0. The summed E-state index contributed by atoms with van der Waals surface area (Å²) in [6.45, 7) is 0. The highest BCUT2D eigenvalue weighted by Gasteiger charge is 2.47. The van der Waals surface area contributed by atoms with Crippen molar-refractivity contribution in [1.29, 1.82) is 0 Å². The molecule has 0 aliphatic heterocycles. The Hall–Kier alpha value is -0.570. The number of hydrogen-bond acceptors (Lipinski definition) is 2. The Bertz CT molecular complexity index is 193. The average Bonchev–Trinajstić information content (AvgIpc) is 2.43. The van der Waals surface area contributed by atoms with Crippen molar-refractivity contribution in [2.24, 2.45) is 23.5 Å². The zero-order valence-corrected chi connectivity index (χ0v) is 6.36. The Labute approximate surface area is 65.6 Å². The van der Waals surface area contributed by atoms with Crippen molar-refractivity contribution in [2.75, 3.05) is 0 Å². The molecular formula is C8H13NO2. The lowest BCUT2D eigenvalue weighted by atomic mass is 9.86. The van der Waals surface area contributed by atoms with Gasteiger partial charge in [0.2, 0.25) is 0 Å². The Kier molecular flexibility index (Phi) is 1.42. The Morgan fingerprint density at radius 3 is 2.45 bits per heavy atom. The van der Waals surface area contributed by atoms with Gasteiger partial charge in [-0.05, 0) is 31.1 Å². The molecule has 3 nitrogen and oxygen atoms in total. The first-order valence-electron chi connectivity index (χ1n) is 4.17. The monoisotopic (exact) mass is 155 g/mol. The van der Waals surface area contributed by atoms with E-state index in [4.69, 9.17) is 10.8 Å². The van der Waals surface area contributed by atoms with Crippen molar-refractivity contribution < 1.29 is 9.90 Å². The SMILES string of the molecule is N[C@H]1C[C@@H]2C[C@H]1[C@H](C(=O)O)C2. The van der Waals surface area contributed by atoms with E-state index in [1.165, 1.54) is 0 Å². The van der Waals surface area contributed by atoms with Crippen LogP contribution >= 0.6 is 0 Å². The van der Waals surface area contributed by atoms with E-state index in [2.05, 4.69) is 0 Å². The number of nitrogens with two attached hydrogens (primary N) is 1. The minimum Gasteiger partial charge on any atom is -0.481 e. The molecular weight excluding hydrogens is 142 g/mol. The van der Waals surface area contributed by atoms with Crippen LogP contribution in [0.5, 0.6) is 0 Å². The average molecular weight is 155 g/mol. The highest BCUT2D eigenvalue weighted by Crippen LogP contribution is 2.47. The summed E-state index contributed by atoms with van der Waals surface area (Å²) < 4.78 is 0. The molecule has 0 heterocycles. The van der Waals surface area contributed by atoms with Crippen LogP contribution in [0, 0.1) is 17.8 Å². The van der Waals surface area contributed by atoms with E-state index in [-0.39, 0.29) is 17.9 Å². The molecule has 0 spiro atoms. The fourth-order valence-electron chi connectivity index (χ4n) is 2.69. The van der Waals surface area contributed by atoms with Gasteiger partial charge in [0.15, 0.2) is 0 Å². The van der Waals surface area contributed by atoms with Gasteiger partial charge in [0, 0.05) is 6.04 Å². The van der Waals surface area contributed by atoms with Crippen LogP contribution in [0.2, 0.25) is 0 Å². The van der Waals surface area contributed by atoms with Crippen molar-refractivity contribution in [1.82, 2.24) is 0 Å². The third-order valence-electron chi connectivity index (χ3n) is 3.18.